The summed E-state index contributed by atoms with van der Waals surface area (Å²) >= 11 is 0. The Morgan fingerprint density at radius 3 is 2.95 bits per heavy atom. The summed E-state index contributed by atoms with van der Waals surface area (Å²) in [5, 5.41) is 6.01. The highest BCUT2D eigenvalue weighted by molar-refractivity contribution is 5.88. The van der Waals surface area contributed by atoms with E-state index in [1.165, 1.54) is 16.3 Å². The molecular formula is C16H19NO2. The molecule has 0 spiro atoms. The zero-order chi connectivity index (χ0) is 13.1. The highest BCUT2D eigenvalue weighted by Gasteiger charge is 2.21. The Kier molecular flexibility index (Phi) is 3.67. The van der Waals surface area contributed by atoms with Gasteiger partial charge in [-0.3, -0.25) is 0 Å². The predicted octanol–water partition coefficient (Wildman–Crippen LogP) is 2.90. The highest BCUT2D eigenvalue weighted by atomic mass is 16.5. The summed E-state index contributed by atoms with van der Waals surface area (Å²) < 4.78 is 11.4. The molecule has 0 saturated carbocycles. The predicted molar refractivity (Wildman–Crippen MR) is 76.7 cm³/mol. The topological polar surface area (TPSA) is 30.5 Å². The number of hydrogen-bond acceptors (Lipinski definition) is 3. The first-order valence-corrected chi connectivity index (χ1v) is 6.85. The van der Waals surface area contributed by atoms with Crippen LogP contribution in [0.4, 0.5) is 0 Å². The van der Waals surface area contributed by atoms with Crippen molar-refractivity contribution in [3.63, 3.8) is 0 Å². The lowest BCUT2D eigenvalue weighted by Gasteiger charge is -2.27. The van der Waals surface area contributed by atoms with E-state index in [0.29, 0.717) is 13.2 Å². The van der Waals surface area contributed by atoms with Crippen molar-refractivity contribution in [1.82, 2.24) is 5.32 Å². The Labute approximate surface area is 113 Å². The van der Waals surface area contributed by atoms with E-state index in [1.807, 2.05) is 6.92 Å². The third-order valence-electron chi connectivity index (χ3n) is 3.50. The second kappa shape index (κ2) is 5.59. The second-order valence-corrected chi connectivity index (χ2v) is 4.71. The molecule has 1 heterocycles. The number of morpholine rings is 1. The van der Waals surface area contributed by atoms with Gasteiger partial charge in [-0.25, -0.2) is 0 Å². The van der Waals surface area contributed by atoms with Crippen LogP contribution < -0.4 is 10.1 Å². The van der Waals surface area contributed by atoms with Gasteiger partial charge in [-0.2, -0.15) is 0 Å². The number of hydrogen-bond donors (Lipinski definition) is 1. The van der Waals surface area contributed by atoms with Crippen LogP contribution >= 0.6 is 0 Å². The van der Waals surface area contributed by atoms with Crippen molar-refractivity contribution < 1.29 is 9.47 Å². The lowest BCUT2D eigenvalue weighted by molar-refractivity contribution is 0.0763. The lowest BCUT2D eigenvalue weighted by atomic mass is 9.97. The van der Waals surface area contributed by atoms with Gasteiger partial charge in [0.2, 0.25) is 0 Å². The Morgan fingerprint density at radius 2 is 2.16 bits per heavy atom. The second-order valence-electron chi connectivity index (χ2n) is 4.71. The van der Waals surface area contributed by atoms with Gasteiger partial charge in [0, 0.05) is 12.1 Å². The summed E-state index contributed by atoms with van der Waals surface area (Å²) in [4.78, 5) is 0. The molecule has 1 atom stereocenters. The highest BCUT2D eigenvalue weighted by Crippen LogP contribution is 2.34. The van der Waals surface area contributed by atoms with Crippen LogP contribution in [0, 0.1) is 0 Å². The molecule has 2 aromatic carbocycles. The molecule has 0 bridgehead atoms. The number of rotatable bonds is 3. The summed E-state index contributed by atoms with van der Waals surface area (Å²) in [5.74, 6) is 0.962. The van der Waals surface area contributed by atoms with Crippen LogP contribution in [0.25, 0.3) is 10.8 Å². The summed E-state index contributed by atoms with van der Waals surface area (Å²) in [6.45, 7) is 5.07. The quantitative estimate of drug-likeness (QED) is 0.917. The van der Waals surface area contributed by atoms with Gasteiger partial charge in [0.25, 0.3) is 0 Å². The Morgan fingerprint density at radius 1 is 1.26 bits per heavy atom. The van der Waals surface area contributed by atoms with Crippen molar-refractivity contribution in [2.45, 2.75) is 13.0 Å². The minimum atomic E-state index is 0.210. The molecule has 1 saturated heterocycles. The molecule has 0 radical (unpaired) electrons. The normalized spacial score (nSPS) is 19.5. The van der Waals surface area contributed by atoms with E-state index in [4.69, 9.17) is 9.47 Å². The Bertz CT molecular complexity index is 562. The smallest absolute Gasteiger partial charge is 0.124 e. The van der Waals surface area contributed by atoms with Gasteiger partial charge in [0.15, 0.2) is 0 Å². The average Bonchev–Trinajstić information content (AvgIpc) is 2.48. The third-order valence-corrected chi connectivity index (χ3v) is 3.50. The van der Waals surface area contributed by atoms with Gasteiger partial charge in [0.05, 0.1) is 25.9 Å². The number of nitrogens with one attached hydrogen (secondary N) is 1. The summed E-state index contributed by atoms with van der Waals surface area (Å²) in [5.41, 5.74) is 1.22. The van der Waals surface area contributed by atoms with E-state index in [2.05, 4.69) is 41.7 Å². The fourth-order valence-corrected chi connectivity index (χ4v) is 2.67. The van der Waals surface area contributed by atoms with E-state index in [1.54, 1.807) is 0 Å². The summed E-state index contributed by atoms with van der Waals surface area (Å²) in [6.07, 6.45) is 0. The molecule has 3 rings (SSSR count). The van der Waals surface area contributed by atoms with Gasteiger partial charge in [0.1, 0.15) is 5.75 Å². The molecule has 100 valence electrons. The fourth-order valence-electron chi connectivity index (χ4n) is 2.67. The van der Waals surface area contributed by atoms with Crippen molar-refractivity contribution in [2.75, 3.05) is 26.4 Å². The number of ether oxygens (including phenoxy) is 2. The molecule has 0 amide bonds. The number of benzene rings is 2. The minimum Gasteiger partial charge on any atom is -0.494 e. The number of fused-ring (bicyclic) bond motifs is 1. The van der Waals surface area contributed by atoms with Crippen LogP contribution in [0.1, 0.15) is 18.5 Å². The van der Waals surface area contributed by atoms with Crippen LogP contribution in [0.3, 0.4) is 0 Å². The molecule has 3 heteroatoms. The van der Waals surface area contributed by atoms with Crippen LogP contribution in [-0.4, -0.2) is 26.4 Å². The first-order valence-electron chi connectivity index (χ1n) is 6.85. The maximum absolute atomic E-state index is 5.80. The third kappa shape index (κ3) is 2.44. The maximum Gasteiger partial charge on any atom is 0.124 e. The van der Waals surface area contributed by atoms with Crippen LogP contribution in [0.15, 0.2) is 36.4 Å². The van der Waals surface area contributed by atoms with Crippen molar-refractivity contribution in [2.24, 2.45) is 0 Å². The Hall–Kier alpha value is -1.58. The molecule has 1 N–H and O–H groups in total. The summed E-state index contributed by atoms with van der Waals surface area (Å²) in [6, 6.07) is 12.8. The first-order chi connectivity index (χ1) is 9.40. The van der Waals surface area contributed by atoms with Gasteiger partial charge >= 0.3 is 0 Å². The molecule has 1 aliphatic heterocycles. The molecule has 19 heavy (non-hydrogen) atoms. The van der Waals surface area contributed by atoms with Crippen molar-refractivity contribution in [3.8, 4) is 5.75 Å². The monoisotopic (exact) mass is 257 g/mol. The molecule has 0 unspecified atom stereocenters. The van der Waals surface area contributed by atoms with Crippen molar-refractivity contribution >= 4 is 10.8 Å². The minimum absolute atomic E-state index is 0.210. The molecule has 0 aromatic heterocycles. The molecule has 1 fully saturated rings. The van der Waals surface area contributed by atoms with E-state index in [9.17, 15) is 0 Å². The molecule has 1 aliphatic rings. The van der Waals surface area contributed by atoms with E-state index in [-0.39, 0.29) is 6.04 Å². The van der Waals surface area contributed by atoms with Crippen LogP contribution in [0.5, 0.6) is 5.75 Å². The zero-order valence-corrected chi connectivity index (χ0v) is 11.2. The van der Waals surface area contributed by atoms with E-state index < -0.39 is 0 Å². The molecule has 0 aliphatic carbocycles. The average molecular weight is 257 g/mol. The standard InChI is InChI=1S/C16H19NO2/c1-2-19-15-8-7-12-5-3-4-6-13(12)16(15)14-11-18-10-9-17-14/h3-8,14,17H,2,9-11H2,1H3/t14-/m0/s1. The molecule has 3 nitrogen and oxygen atoms in total. The van der Waals surface area contributed by atoms with Gasteiger partial charge in [-0.1, -0.05) is 30.3 Å². The zero-order valence-electron chi connectivity index (χ0n) is 11.2. The molecular weight excluding hydrogens is 238 g/mol. The fraction of sp³-hybridized carbons (Fsp3) is 0.375. The van der Waals surface area contributed by atoms with E-state index >= 15 is 0 Å². The van der Waals surface area contributed by atoms with E-state index in [0.717, 1.165) is 18.9 Å². The van der Waals surface area contributed by atoms with Crippen LogP contribution in [0.2, 0.25) is 0 Å². The van der Waals surface area contributed by atoms with Gasteiger partial charge in [-0.05, 0) is 23.8 Å². The van der Waals surface area contributed by atoms with Crippen molar-refractivity contribution in [1.29, 1.82) is 0 Å². The first kappa shape index (κ1) is 12.5. The Balaban J connectivity index is 2.13. The van der Waals surface area contributed by atoms with Gasteiger partial charge in [-0.15, -0.1) is 0 Å². The summed E-state index contributed by atoms with van der Waals surface area (Å²) in [7, 11) is 0. The maximum atomic E-state index is 5.80. The van der Waals surface area contributed by atoms with Crippen LogP contribution in [-0.2, 0) is 4.74 Å². The SMILES string of the molecule is CCOc1ccc2ccccc2c1[C@@H]1COCCN1. The molecule has 2 aromatic rings. The van der Waals surface area contributed by atoms with Crippen molar-refractivity contribution in [3.05, 3.63) is 42.0 Å². The lowest BCUT2D eigenvalue weighted by Crippen LogP contribution is -2.34. The largest absolute Gasteiger partial charge is 0.494 e. The van der Waals surface area contributed by atoms with Gasteiger partial charge < -0.3 is 14.8 Å².